The van der Waals surface area contributed by atoms with Crippen molar-refractivity contribution in [2.24, 2.45) is 11.8 Å². The van der Waals surface area contributed by atoms with Gasteiger partial charge in [0.25, 0.3) is 0 Å². The molecule has 0 bridgehead atoms. The number of aromatic nitrogens is 4. The number of aromatic amines is 1. The van der Waals surface area contributed by atoms with Gasteiger partial charge in [0.05, 0.1) is 34.7 Å². The van der Waals surface area contributed by atoms with Gasteiger partial charge in [-0.3, -0.25) is 9.97 Å². The molecule has 4 aromatic heterocycles. The van der Waals surface area contributed by atoms with E-state index in [1.54, 1.807) is 18.6 Å². The Balaban J connectivity index is 1.64. The molecule has 0 aromatic carbocycles. The lowest BCUT2D eigenvalue weighted by Gasteiger charge is -2.35. The van der Waals surface area contributed by atoms with Gasteiger partial charge < -0.3 is 9.88 Å². The maximum Gasteiger partial charge on any atom is 0.165 e. The van der Waals surface area contributed by atoms with Gasteiger partial charge in [0.1, 0.15) is 5.65 Å². The molecule has 1 aliphatic heterocycles. The van der Waals surface area contributed by atoms with Gasteiger partial charge in [-0.1, -0.05) is 13.8 Å². The van der Waals surface area contributed by atoms with Crippen LogP contribution in [-0.2, 0) is 0 Å². The average molecular weight is 389 g/mol. The minimum Gasteiger partial charge on any atom is -0.368 e. The van der Waals surface area contributed by atoms with E-state index in [0.717, 1.165) is 53.5 Å². The fraction of sp³-hybridized carbons (Fsp3) is 0.348. The molecule has 0 atom stereocenters. The second-order valence-electron chi connectivity index (χ2n) is 8.23. The van der Waals surface area contributed by atoms with E-state index < -0.39 is 0 Å². The number of nitrogens with one attached hydrogen (secondary N) is 1. The minimum atomic E-state index is -0.263. The van der Waals surface area contributed by atoms with Crippen LogP contribution in [0.15, 0.2) is 43.0 Å². The molecule has 1 saturated heterocycles. The third-order valence-corrected chi connectivity index (χ3v) is 6.19. The fourth-order valence-corrected chi connectivity index (χ4v) is 4.49. The molecule has 0 radical (unpaired) electrons. The Kier molecular flexibility index (Phi) is 4.42. The maximum absolute atomic E-state index is 15.0. The van der Waals surface area contributed by atoms with Crippen LogP contribution in [0.5, 0.6) is 0 Å². The van der Waals surface area contributed by atoms with Crippen molar-refractivity contribution in [3.05, 3.63) is 48.8 Å². The lowest BCUT2D eigenvalue weighted by Crippen LogP contribution is -2.35. The zero-order valence-corrected chi connectivity index (χ0v) is 16.7. The standard InChI is InChI=1S/C23H24FN5/c1-14(2)15-5-8-29(9-6-15)22-18(24)12-27-23-21(22)17-10-19(26-13-20(17)28-23)16-4-3-7-25-11-16/h3-4,7,10-15H,5-6,8-9H2,1-2H3,(H,27,28). The molecule has 1 aliphatic rings. The second kappa shape index (κ2) is 7.10. The SMILES string of the molecule is CC(C)C1CCN(c2c(F)cnc3[nH]c4cnc(-c5cccnc5)cc4c23)CC1. The predicted molar refractivity (Wildman–Crippen MR) is 114 cm³/mol. The van der Waals surface area contributed by atoms with E-state index in [0.29, 0.717) is 23.2 Å². The van der Waals surface area contributed by atoms with Gasteiger partial charge in [-0.2, -0.15) is 0 Å². The summed E-state index contributed by atoms with van der Waals surface area (Å²) in [5.41, 5.74) is 3.98. The van der Waals surface area contributed by atoms with Gasteiger partial charge in [-0.05, 0) is 42.9 Å². The largest absolute Gasteiger partial charge is 0.368 e. The summed E-state index contributed by atoms with van der Waals surface area (Å²) in [5.74, 6) is 1.11. The van der Waals surface area contributed by atoms with Crippen LogP contribution in [0.4, 0.5) is 10.1 Å². The molecular formula is C23H24FN5. The van der Waals surface area contributed by atoms with Crippen molar-refractivity contribution in [3.8, 4) is 11.3 Å². The zero-order valence-electron chi connectivity index (χ0n) is 16.7. The van der Waals surface area contributed by atoms with Crippen molar-refractivity contribution in [1.29, 1.82) is 0 Å². The van der Waals surface area contributed by atoms with E-state index in [-0.39, 0.29) is 5.82 Å². The van der Waals surface area contributed by atoms with Gasteiger partial charge in [0.2, 0.25) is 0 Å². The molecule has 0 aliphatic carbocycles. The van der Waals surface area contributed by atoms with Gasteiger partial charge in [-0.15, -0.1) is 0 Å². The number of halogens is 1. The Labute approximate surface area is 169 Å². The van der Waals surface area contributed by atoms with Crippen molar-refractivity contribution in [2.45, 2.75) is 26.7 Å². The zero-order chi connectivity index (χ0) is 20.0. The van der Waals surface area contributed by atoms with Crippen LogP contribution >= 0.6 is 0 Å². The van der Waals surface area contributed by atoms with Crippen LogP contribution in [0.3, 0.4) is 0 Å². The van der Waals surface area contributed by atoms with Crippen molar-refractivity contribution in [2.75, 3.05) is 18.0 Å². The summed E-state index contributed by atoms with van der Waals surface area (Å²) >= 11 is 0. The highest BCUT2D eigenvalue weighted by molar-refractivity contribution is 6.12. The van der Waals surface area contributed by atoms with Crippen LogP contribution in [-0.4, -0.2) is 33.0 Å². The Morgan fingerprint density at radius 1 is 1.14 bits per heavy atom. The topological polar surface area (TPSA) is 57.7 Å². The van der Waals surface area contributed by atoms with E-state index >= 15 is 4.39 Å². The average Bonchev–Trinajstić information content (AvgIpc) is 3.12. The Bertz CT molecular complexity index is 1160. The lowest BCUT2D eigenvalue weighted by atomic mass is 9.86. The summed E-state index contributed by atoms with van der Waals surface area (Å²) in [6, 6.07) is 5.88. The molecule has 5 rings (SSSR count). The molecule has 0 saturated carbocycles. The Morgan fingerprint density at radius 2 is 1.97 bits per heavy atom. The molecule has 0 unspecified atom stereocenters. The number of rotatable bonds is 3. The van der Waals surface area contributed by atoms with Crippen LogP contribution in [0, 0.1) is 17.7 Å². The summed E-state index contributed by atoms with van der Waals surface area (Å²) in [5, 5.41) is 1.79. The first kappa shape index (κ1) is 18.0. The van der Waals surface area contributed by atoms with E-state index in [1.165, 1.54) is 6.20 Å². The number of H-pyrrole nitrogens is 1. The third-order valence-electron chi connectivity index (χ3n) is 6.19. The highest BCUT2D eigenvalue weighted by atomic mass is 19.1. The Hall–Kier alpha value is -3.02. The van der Waals surface area contributed by atoms with Crippen LogP contribution in [0.25, 0.3) is 33.2 Å². The summed E-state index contributed by atoms with van der Waals surface area (Å²) < 4.78 is 15.0. The molecule has 1 N–H and O–H groups in total. The normalized spacial score (nSPS) is 15.7. The smallest absolute Gasteiger partial charge is 0.165 e. The highest BCUT2D eigenvalue weighted by Gasteiger charge is 2.26. The number of hydrogen-bond acceptors (Lipinski definition) is 4. The first-order valence-electron chi connectivity index (χ1n) is 10.2. The molecule has 0 amide bonds. The van der Waals surface area contributed by atoms with E-state index in [4.69, 9.17) is 0 Å². The second-order valence-corrected chi connectivity index (χ2v) is 8.23. The van der Waals surface area contributed by atoms with Crippen molar-refractivity contribution >= 4 is 27.6 Å². The molecule has 4 aromatic rings. The first-order chi connectivity index (χ1) is 14.1. The van der Waals surface area contributed by atoms with E-state index in [2.05, 4.69) is 38.7 Å². The molecule has 5 nitrogen and oxygen atoms in total. The van der Waals surface area contributed by atoms with Crippen molar-refractivity contribution in [1.82, 2.24) is 19.9 Å². The number of fused-ring (bicyclic) bond motifs is 3. The third kappa shape index (κ3) is 3.12. The lowest BCUT2D eigenvalue weighted by molar-refractivity contribution is 0.310. The molecule has 148 valence electrons. The number of anilines is 1. The number of pyridine rings is 3. The van der Waals surface area contributed by atoms with E-state index in [9.17, 15) is 0 Å². The fourth-order valence-electron chi connectivity index (χ4n) is 4.49. The number of piperidine rings is 1. The van der Waals surface area contributed by atoms with Gasteiger partial charge >= 0.3 is 0 Å². The number of hydrogen-bond donors (Lipinski definition) is 1. The molecular weight excluding hydrogens is 365 g/mol. The van der Waals surface area contributed by atoms with Gasteiger partial charge in [0, 0.05) is 36.4 Å². The van der Waals surface area contributed by atoms with Crippen molar-refractivity contribution in [3.63, 3.8) is 0 Å². The molecule has 1 fully saturated rings. The summed E-state index contributed by atoms with van der Waals surface area (Å²) in [7, 11) is 0. The minimum absolute atomic E-state index is 0.263. The van der Waals surface area contributed by atoms with Crippen LogP contribution < -0.4 is 4.90 Å². The predicted octanol–water partition coefficient (Wildman–Crippen LogP) is 5.18. The summed E-state index contributed by atoms with van der Waals surface area (Å²) in [6.07, 6.45) is 8.84. The molecule has 5 heterocycles. The van der Waals surface area contributed by atoms with Gasteiger partial charge in [-0.25, -0.2) is 9.37 Å². The first-order valence-corrected chi connectivity index (χ1v) is 10.2. The van der Waals surface area contributed by atoms with Crippen molar-refractivity contribution < 1.29 is 4.39 Å². The monoisotopic (exact) mass is 389 g/mol. The quantitative estimate of drug-likeness (QED) is 0.524. The molecule has 6 heteroatoms. The van der Waals surface area contributed by atoms with E-state index in [1.807, 2.05) is 18.2 Å². The number of nitrogens with zero attached hydrogens (tertiary/aromatic N) is 4. The highest BCUT2D eigenvalue weighted by Crippen LogP contribution is 2.38. The summed E-state index contributed by atoms with van der Waals surface area (Å²) in [6.45, 7) is 6.29. The molecule has 29 heavy (non-hydrogen) atoms. The summed E-state index contributed by atoms with van der Waals surface area (Å²) in [4.78, 5) is 18.6. The molecule has 0 spiro atoms. The van der Waals surface area contributed by atoms with Crippen LogP contribution in [0.1, 0.15) is 26.7 Å². The van der Waals surface area contributed by atoms with Gasteiger partial charge in [0.15, 0.2) is 5.82 Å². The van der Waals surface area contributed by atoms with Crippen LogP contribution in [0.2, 0.25) is 0 Å². The maximum atomic E-state index is 15.0. The Morgan fingerprint density at radius 3 is 2.69 bits per heavy atom.